The number of rotatable bonds is 3. The summed E-state index contributed by atoms with van der Waals surface area (Å²) in [4.78, 5) is 25.4. The second-order valence-electron chi connectivity index (χ2n) is 4.98. The quantitative estimate of drug-likeness (QED) is 0.842. The molecule has 7 heteroatoms. The molecule has 2 aliphatic rings. The van der Waals surface area contributed by atoms with Gasteiger partial charge in [0.05, 0.1) is 17.1 Å². The van der Waals surface area contributed by atoms with Crippen LogP contribution in [0.3, 0.4) is 0 Å². The molecule has 1 atom stereocenters. The highest BCUT2D eigenvalue weighted by atomic mass is 79.9. The average Bonchev–Trinajstić information content (AvgIpc) is 3.12. The minimum atomic E-state index is -0.637. The van der Waals surface area contributed by atoms with E-state index in [1.54, 1.807) is 0 Å². The number of carbonyl (C=O) groups excluding carboxylic acids is 2. The largest absolute Gasteiger partial charge is 0.371 e. The van der Waals surface area contributed by atoms with E-state index >= 15 is 0 Å². The van der Waals surface area contributed by atoms with Crippen LogP contribution in [-0.4, -0.2) is 28.8 Å². The number of likely N-dealkylation sites (tertiary alicyclic amines) is 1. The summed E-state index contributed by atoms with van der Waals surface area (Å²) in [6.45, 7) is 0. The van der Waals surface area contributed by atoms with E-state index in [1.807, 2.05) is 0 Å². The molecule has 1 heterocycles. The highest BCUT2D eigenvalue weighted by Crippen LogP contribution is 2.36. The first-order chi connectivity index (χ1) is 9.47. The number of carbonyl (C=O) groups is 2. The first-order valence-corrected chi connectivity index (χ1v) is 7.41. The lowest BCUT2D eigenvalue weighted by atomic mass is 10.2. The van der Waals surface area contributed by atoms with E-state index in [0.717, 1.165) is 18.9 Å². The SMILES string of the molecule is O=C1CC(Nc2c(Cl)cc(F)cc2Br)C(=O)N1C1CC1. The lowest BCUT2D eigenvalue weighted by Gasteiger charge is -2.17. The minimum Gasteiger partial charge on any atom is -0.371 e. The van der Waals surface area contributed by atoms with E-state index in [4.69, 9.17) is 11.6 Å². The van der Waals surface area contributed by atoms with Crippen molar-refractivity contribution in [1.29, 1.82) is 0 Å². The van der Waals surface area contributed by atoms with Crippen LogP contribution in [0.1, 0.15) is 19.3 Å². The number of nitrogens with zero attached hydrogens (tertiary/aromatic N) is 1. The van der Waals surface area contributed by atoms with Crippen molar-refractivity contribution in [3.8, 4) is 0 Å². The normalized spacial score (nSPS) is 22.6. The van der Waals surface area contributed by atoms with Crippen LogP contribution in [0, 0.1) is 5.82 Å². The van der Waals surface area contributed by atoms with Crippen LogP contribution in [0.25, 0.3) is 0 Å². The summed E-state index contributed by atoms with van der Waals surface area (Å²) in [6, 6.07) is 1.85. The molecule has 3 rings (SSSR count). The number of amides is 2. The van der Waals surface area contributed by atoms with Gasteiger partial charge in [-0.05, 0) is 40.9 Å². The Hall–Kier alpha value is -1.14. The first-order valence-electron chi connectivity index (χ1n) is 6.24. The van der Waals surface area contributed by atoms with Gasteiger partial charge in [0.1, 0.15) is 11.9 Å². The molecule has 20 heavy (non-hydrogen) atoms. The Bertz CT molecular complexity index is 583. The van der Waals surface area contributed by atoms with Gasteiger partial charge in [-0.2, -0.15) is 0 Å². The van der Waals surface area contributed by atoms with Crippen molar-refractivity contribution in [3.63, 3.8) is 0 Å². The van der Waals surface area contributed by atoms with E-state index in [9.17, 15) is 14.0 Å². The van der Waals surface area contributed by atoms with Gasteiger partial charge in [-0.1, -0.05) is 11.6 Å². The molecule has 4 nitrogen and oxygen atoms in total. The molecule has 0 spiro atoms. The average molecular weight is 362 g/mol. The monoisotopic (exact) mass is 360 g/mol. The van der Waals surface area contributed by atoms with Crippen LogP contribution in [0.4, 0.5) is 10.1 Å². The molecule has 0 aromatic heterocycles. The highest BCUT2D eigenvalue weighted by molar-refractivity contribution is 9.10. The Kier molecular flexibility index (Phi) is 3.46. The fourth-order valence-electron chi connectivity index (χ4n) is 2.33. The van der Waals surface area contributed by atoms with Gasteiger partial charge in [0.2, 0.25) is 5.91 Å². The maximum atomic E-state index is 13.2. The summed E-state index contributed by atoms with van der Waals surface area (Å²) in [7, 11) is 0. The number of nitrogens with one attached hydrogen (secondary N) is 1. The minimum absolute atomic E-state index is 0.0638. The molecule has 2 amide bonds. The third-order valence-electron chi connectivity index (χ3n) is 3.42. The summed E-state index contributed by atoms with van der Waals surface area (Å²) >= 11 is 9.17. The van der Waals surface area contributed by atoms with Crippen LogP contribution >= 0.6 is 27.5 Å². The Balaban J connectivity index is 1.82. The van der Waals surface area contributed by atoms with Crippen LogP contribution in [0.5, 0.6) is 0 Å². The lowest BCUT2D eigenvalue weighted by molar-refractivity contribution is -0.139. The topological polar surface area (TPSA) is 49.4 Å². The second-order valence-corrected chi connectivity index (χ2v) is 6.24. The van der Waals surface area contributed by atoms with E-state index in [2.05, 4.69) is 21.2 Å². The smallest absolute Gasteiger partial charge is 0.252 e. The molecule has 106 valence electrons. The van der Waals surface area contributed by atoms with E-state index in [-0.39, 0.29) is 29.3 Å². The Labute approximate surface area is 128 Å². The molecular weight excluding hydrogens is 351 g/mol. The molecule has 1 saturated carbocycles. The Morgan fingerprint density at radius 3 is 2.65 bits per heavy atom. The zero-order valence-corrected chi connectivity index (χ0v) is 12.7. The van der Waals surface area contributed by atoms with E-state index in [1.165, 1.54) is 11.0 Å². The molecule has 1 aliphatic carbocycles. The maximum Gasteiger partial charge on any atom is 0.252 e. The number of halogens is 3. The second kappa shape index (κ2) is 5.00. The van der Waals surface area contributed by atoms with Crippen molar-refractivity contribution < 1.29 is 14.0 Å². The standard InChI is InChI=1S/C13H11BrClFN2O2/c14-8-3-6(16)4-9(15)12(8)17-10-5-11(19)18(13(10)20)7-1-2-7/h3-4,7,10,17H,1-2,5H2. The summed E-state index contributed by atoms with van der Waals surface area (Å²) in [5.74, 6) is -0.866. The first kappa shape index (κ1) is 13.8. The van der Waals surface area contributed by atoms with Gasteiger partial charge in [-0.15, -0.1) is 0 Å². The molecule has 1 N–H and O–H groups in total. The zero-order valence-electron chi connectivity index (χ0n) is 10.3. The highest BCUT2D eigenvalue weighted by Gasteiger charge is 2.46. The molecule has 1 aromatic carbocycles. The third-order valence-corrected chi connectivity index (χ3v) is 4.34. The van der Waals surface area contributed by atoms with Crippen LogP contribution in [0.15, 0.2) is 16.6 Å². The van der Waals surface area contributed by atoms with Gasteiger partial charge >= 0.3 is 0 Å². The summed E-state index contributed by atoms with van der Waals surface area (Å²) < 4.78 is 13.6. The third kappa shape index (κ3) is 2.42. The van der Waals surface area contributed by atoms with Gasteiger partial charge in [-0.25, -0.2) is 4.39 Å². The number of hydrogen-bond donors (Lipinski definition) is 1. The molecule has 1 saturated heterocycles. The Morgan fingerprint density at radius 1 is 1.35 bits per heavy atom. The van der Waals surface area contributed by atoms with Crippen LogP contribution in [-0.2, 0) is 9.59 Å². The molecule has 0 bridgehead atoms. The molecule has 1 aromatic rings. The number of anilines is 1. The fourth-order valence-corrected chi connectivity index (χ4v) is 3.26. The van der Waals surface area contributed by atoms with Gasteiger partial charge in [0.15, 0.2) is 0 Å². The molecular formula is C13H11BrClFN2O2. The van der Waals surface area contributed by atoms with Crippen LogP contribution in [0.2, 0.25) is 5.02 Å². The summed E-state index contributed by atoms with van der Waals surface area (Å²) in [5.41, 5.74) is 0.428. The van der Waals surface area contributed by atoms with Gasteiger partial charge in [-0.3, -0.25) is 14.5 Å². The van der Waals surface area contributed by atoms with Crippen molar-refractivity contribution in [3.05, 3.63) is 27.4 Å². The van der Waals surface area contributed by atoms with Crippen LogP contribution < -0.4 is 5.32 Å². The van der Waals surface area contributed by atoms with Gasteiger partial charge in [0, 0.05) is 10.5 Å². The molecule has 0 radical (unpaired) electrons. The van der Waals surface area contributed by atoms with E-state index < -0.39 is 11.9 Å². The molecule has 1 aliphatic heterocycles. The summed E-state index contributed by atoms with van der Waals surface area (Å²) in [6.07, 6.45) is 1.87. The number of imide groups is 1. The zero-order chi connectivity index (χ0) is 14.4. The maximum absolute atomic E-state index is 13.2. The lowest BCUT2D eigenvalue weighted by Crippen LogP contribution is -2.36. The predicted octanol–water partition coefficient (Wildman–Crippen LogP) is 2.94. The van der Waals surface area contributed by atoms with Gasteiger partial charge < -0.3 is 5.32 Å². The van der Waals surface area contributed by atoms with Crippen molar-refractivity contribution in [2.45, 2.75) is 31.3 Å². The van der Waals surface area contributed by atoms with E-state index in [0.29, 0.717) is 10.2 Å². The van der Waals surface area contributed by atoms with Gasteiger partial charge in [0.25, 0.3) is 5.91 Å². The molecule has 2 fully saturated rings. The Morgan fingerprint density at radius 2 is 2.05 bits per heavy atom. The fraction of sp³-hybridized carbons (Fsp3) is 0.385. The number of benzene rings is 1. The summed E-state index contributed by atoms with van der Waals surface area (Å²) in [5, 5.41) is 3.11. The molecule has 1 unspecified atom stereocenters. The number of hydrogen-bond acceptors (Lipinski definition) is 3. The predicted molar refractivity (Wildman–Crippen MR) is 76.0 cm³/mol. The van der Waals surface area contributed by atoms with Crippen molar-refractivity contribution in [2.24, 2.45) is 0 Å². The van der Waals surface area contributed by atoms with Crippen molar-refractivity contribution in [2.75, 3.05) is 5.32 Å². The van der Waals surface area contributed by atoms with Crippen molar-refractivity contribution in [1.82, 2.24) is 4.90 Å². The van der Waals surface area contributed by atoms with Crippen molar-refractivity contribution >= 4 is 45.0 Å².